The van der Waals surface area contributed by atoms with E-state index >= 15 is 0 Å². The summed E-state index contributed by atoms with van der Waals surface area (Å²) in [5.74, 6) is 1.80. The zero-order valence-corrected chi connectivity index (χ0v) is 15.4. The lowest BCUT2D eigenvalue weighted by Crippen LogP contribution is -2.52. The Morgan fingerprint density at radius 1 is 1.29 bits per heavy atom. The molecule has 1 aromatic heterocycles. The summed E-state index contributed by atoms with van der Waals surface area (Å²) >= 11 is 0. The minimum atomic E-state index is -0.588. The minimum Gasteiger partial charge on any atom is -0.324 e. The maximum atomic E-state index is 12.8. The van der Waals surface area contributed by atoms with Crippen molar-refractivity contribution in [1.82, 2.24) is 19.8 Å². The van der Waals surface area contributed by atoms with Crippen molar-refractivity contribution < 1.29 is 14.4 Å². The van der Waals surface area contributed by atoms with Crippen LogP contribution in [0.5, 0.6) is 0 Å². The number of hydrogen-bond donors (Lipinski definition) is 1. The molecule has 0 bridgehead atoms. The monoisotopic (exact) mass is 376 g/mol. The number of imidazole rings is 1. The molecule has 3 heterocycles. The molecule has 2 aliphatic heterocycles. The topological polar surface area (TPSA) is 84.3 Å². The van der Waals surface area contributed by atoms with Crippen LogP contribution in [0.15, 0.2) is 30.7 Å². The summed E-state index contributed by atoms with van der Waals surface area (Å²) < 4.78 is 1.93. The maximum Gasteiger partial charge on any atom is 0.255 e. The number of nitrogens with zero attached hydrogens (tertiary/aromatic N) is 3. The lowest BCUT2D eigenvalue weighted by atomic mass is 9.99. The number of carbonyl (C=O) groups is 3. The Bertz CT molecular complexity index is 1000. The Hall–Kier alpha value is -3.40. The Labute approximate surface area is 162 Å². The molecule has 0 radical (unpaired) electrons. The van der Waals surface area contributed by atoms with E-state index in [1.807, 2.05) is 16.7 Å². The predicted octanol–water partition coefficient (Wildman–Crippen LogP) is 1.26. The second-order valence-electron chi connectivity index (χ2n) is 7.06. The van der Waals surface area contributed by atoms with Gasteiger partial charge in [-0.25, -0.2) is 4.98 Å². The van der Waals surface area contributed by atoms with Gasteiger partial charge in [0.05, 0.1) is 12.5 Å². The molecule has 1 fully saturated rings. The first-order valence-electron chi connectivity index (χ1n) is 9.30. The standard InChI is InChI=1S/C21H20N4O3/c1-2-15-11-22-13-24(15)10-4-6-14-5-3-7-16-17(14)12-25(21(16)28)18-8-9-19(26)23-20(18)27/h1,3,5,7,11,13,18H,4,6,8-10,12H2,(H,23,26,27). The van der Waals surface area contributed by atoms with E-state index in [-0.39, 0.29) is 24.1 Å². The highest BCUT2D eigenvalue weighted by Crippen LogP contribution is 2.30. The van der Waals surface area contributed by atoms with Crippen LogP contribution in [0.1, 0.15) is 46.4 Å². The highest BCUT2D eigenvalue weighted by atomic mass is 16.2. The smallest absolute Gasteiger partial charge is 0.255 e. The molecule has 2 aliphatic rings. The largest absolute Gasteiger partial charge is 0.324 e. The van der Waals surface area contributed by atoms with Crippen LogP contribution in [0.4, 0.5) is 0 Å². The third kappa shape index (κ3) is 3.18. The van der Waals surface area contributed by atoms with E-state index in [0.717, 1.165) is 36.2 Å². The molecule has 4 rings (SSSR count). The number of amides is 3. The van der Waals surface area contributed by atoms with Crippen LogP contribution in [-0.2, 0) is 29.1 Å². The molecule has 0 saturated carbocycles. The van der Waals surface area contributed by atoms with Gasteiger partial charge in [-0.05, 0) is 36.5 Å². The van der Waals surface area contributed by atoms with Gasteiger partial charge in [0, 0.05) is 25.1 Å². The molecule has 7 nitrogen and oxygen atoms in total. The van der Waals surface area contributed by atoms with E-state index in [4.69, 9.17) is 6.42 Å². The number of aryl methyl sites for hydroxylation is 2. The summed E-state index contributed by atoms with van der Waals surface area (Å²) in [6.45, 7) is 1.14. The van der Waals surface area contributed by atoms with Crippen molar-refractivity contribution in [3.05, 3.63) is 53.1 Å². The maximum absolute atomic E-state index is 12.8. The summed E-state index contributed by atoms with van der Waals surface area (Å²) in [6, 6.07) is 5.12. The molecule has 0 aliphatic carbocycles. The summed E-state index contributed by atoms with van der Waals surface area (Å²) in [5, 5.41) is 2.33. The number of benzene rings is 1. The van der Waals surface area contributed by atoms with Crippen molar-refractivity contribution in [2.24, 2.45) is 0 Å². The lowest BCUT2D eigenvalue weighted by Gasteiger charge is -2.29. The van der Waals surface area contributed by atoms with E-state index in [9.17, 15) is 14.4 Å². The SMILES string of the molecule is C#Cc1cncn1CCCc1cccc2c1CN(C1CCC(=O)NC1=O)C2=O. The molecule has 1 atom stereocenters. The molecular weight excluding hydrogens is 356 g/mol. The van der Waals surface area contributed by atoms with Gasteiger partial charge in [0.2, 0.25) is 11.8 Å². The summed E-state index contributed by atoms with van der Waals surface area (Å²) in [5.41, 5.74) is 3.47. The fourth-order valence-corrected chi connectivity index (χ4v) is 3.94. The first-order valence-corrected chi connectivity index (χ1v) is 9.30. The number of imide groups is 1. The zero-order valence-electron chi connectivity index (χ0n) is 15.4. The minimum absolute atomic E-state index is 0.143. The third-order valence-electron chi connectivity index (χ3n) is 5.38. The summed E-state index contributed by atoms with van der Waals surface area (Å²) in [4.78, 5) is 42.1. The second kappa shape index (κ2) is 7.31. The average Bonchev–Trinajstić information content (AvgIpc) is 3.27. The molecule has 7 heteroatoms. The van der Waals surface area contributed by atoms with Crippen LogP contribution in [0, 0.1) is 12.3 Å². The molecule has 2 aromatic rings. The average molecular weight is 376 g/mol. The Kier molecular flexibility index (Phi) is 4.70. The number of aromatic nitrogens is 2. The predicted molar refractivity (Wildman–Crippen MR) is 101 cm³/mol. The number of rotatable bonds is 5. The van der Waals surface area contributed by atoms with Gasteiger partial charge in [0.1, 0.15) is 11.7 Å². The summed E-state index contributed by atoms with van der Waals surface area (Å²) in [7, 11) is 0. The van der Waals surface area contributed by atoms with Crippen molar-refractivity contribution in [2.45, 2.75) is 44.8 Å². The van der Waals surface area contributed by atoms with Crippen molar-refractivity contribution >= 4 is 17.7 Å². The Morgan fingerprint density at radius 3 is 2.93 bits per heavy atom. The van der Waals surface area contributed by atoms with E-state index < -0.39 is 6.04 Å². The van der Waals surface area contributed by atoms with Gasteiger partial charge in [-0.15, -0.1) is 6.42 Å². The van der Waals surface area contributed by atoms with Crippen LogP contribution in [0.3, 0.4) is 0 Å². The van der Waals surface area contributed by atoms with Gasteiger partial charge in [-0.3, -0.25) is 19.7 Å². The molecule has 1 N–H and O–H groups in total. The number of hydrogen-bond acceptors (Lipinski definition) is 4. The first-order chi connectivity index (χ1) is 13.6. The second-order valence-corrected chi connectivity index (χ2v) is 7.06. The number of piperidine rings is 1. The third-order valence-corrected chi connectivity index (χ3v) is 5.38. The Balaban J connectivity index is 1.48. The molecule has 1 saturated heterocycles. The highest BCUT2D eigenvalue weighted by Gasteiger charge is 2.39. The summed E-state index contributed by atoms with van der Waals surface area (Å²) in [6.07, 6.45) is 11.1. The molecule has 1 aromatic carbocycles. The van der Waals surface area contributed by atoms with Gasteiger partial charge in [-0.2, -0.15) is 0 Å². The van der Waals surface area contributed by atoms with Gasteiger partial charge in [0.15, 0.2) is 0 Å². The first kappa shape index (κ1) is 18.0. The van der Waals surface area contributed by atoms with Crippen LogP contribution >= 0.6 is 0 Å². The van der Waals surface area contributed by atoms with E-state index in [0.29, 0.717) is 18.5 Å². The number of nitrogens with one attached hydrogen (secondary N) is 1. The van der Waals surface area contributed by atoms with Crippen molar-refractivity contribution in [1.29, 1.82) is 0 Å². The molecule has 0 spiro atoms. The number of terminal acetylenes is 1. The Morgan fingerprint density at radius 2 is 2.14 bits per heavy atom. The van der Waals surface area contributed by atoms with E-state index in [1.54, 1.807) is 23.5 Å². The highest BCUT2D eigenvalue weighted by molar-refractivity contribution is 6.05. The van der Waals surface area contributed by atoms with Crippen molar-refractivity contribution in [2.75, 3.05) is 0 Å². The fourth-order valence-electron chi connectivity index (χ4n) is 3.94. The fraction of sp³-hybridized carbons (Fsp3) is 0.333. The van der Waals surface area contributed by atoms with Gasteiger partial charge in [0.25, 0.3) is 5.91 Å². The van der Waals surface area contributed by atoms with Crippen LogP contribution in [0.25, 0.3) is 0 Å². The molecule has 28 heavy (non-hydrogen) atoms. The quantitative estimate of drug-likeness (QED) is 0.629. The van der Waals surface area contributed by atoms with E-state index in [2.05, 4.69) is 16.2 Å². The normalized spacial score (nSPS) is 18.8. The number of carbonyl (C=O) groups excluding carboxylic acids is 3. The number of fused-ring (bicyclic) bond motifs is 1. The van der Waals surface area contributed by atoms with Crippen molar-refractivity contribution in [3.63, 3.8) is 0 Å². The molecule has 1 unspecified atom stereocenters. The van der Waals surface area contributed by atoms with Gasteiger partial charge in [-0.1, -0.05) is 18.1 Å². The van der Waals surface area contributed by atoms with Crippen LogP contribution < -0.4 is 5.32 Å². The molecule has 3 amide bonds. The van der Waals surface area contributed by atoms with E-state index in [1.165, 1.54) is 0 Å². The van der Waals surface area contributed by atoms with Crippen molar-refractivity contribution in [3.8, 4) is 12.3 Å². The molecular formula is C21H20N4O3. The lowest BCUT2D eigenvalue weighted by molar-refractivity contribution is -0.136. The van der Waals surface area contributed by atoms with Gasteiger partial charge < -0.3 is 9.47 Å². The van der Waals surface area contributed by atoms with Gasteiger partial charge >= 0.3 is 0 Å². The van der Waals surface area contributed by atoms with Crippen LogP contribution in [0.2, 0.25) is 0 Å². The van der Waals surface area contributed by atoms with Crippen LogP contribution in [-0.4, -0.2) is 38.2 Å². The zero-order chi connectivity index (χ0) is 19.7. The molecule has 142 valence electrons.